The minimum atomic E-state index is -4.20. The van der Waals surface area contributed by atoms with Crippen LogP contribution in [0.3, 0.4) is 0 Å². The summed E-state index contributed by atoms with van der Waals surface area (Å²) >= 11 is 6.20. The lowest BCUT2D eigenvalue weighted by atomic mass is 10.1. The summed E-state index contributed by atoms with van der Waals surface area (Å²) < 4.78 is 34.9. The fraction of sp³-hybridized carbons (Fsp3) is 0.355. The Morgan fingerprint density at radius 1 is 0.976 bits per heavy atom. The molecule has 1 N–H and O–H groups in total. The predicted octanol–water partition coefficient (Wildman–Crippen LogP) is 5.43. The number of hydrogen-bond acceptors (Lipinski definition) is 5. The van der Waals surface area contributed by atoms with Gasteiger partial charge >= 0.3 is 0 Å². The smallest absolute Gasteiger partial charge is 0.264 e. The molecule has 0 aliphatic carbocycles. The molecule has 220 valence electrons. The predicted molar refractivity (Wildman–Crippen MR) is 163 cm³/mol. The summed E-state index contributed by atoms with van der Waals surface area (Å²) in [6, 6.07) is 19.2. The van der Waals surface area contributed by atoms with Gasteiger partial charge < -0.3 is 15.0 Å². The summed E-state index contributed by atoms with van der Waals surface area (Å²) in [5.41, 5.74) is 1.83. The van der Waals surface area contributed by atoms with Gasteiger partial charge in [0.05, 0.1) is 17.2 Å². The number of carbonyl (C=O) groups excluding carboxylic acids is 2. The molecule has 3 rings (SSSR count). The van der Waals surface area contributed by atoms with E-state index in [1.807, 2.05) is 20.8 Å². The maximum Gasteiger partial charge on any atom is 0.264 e. The maximum atomic E-state index is 14.1. The molecule has 8 nitrogen and oxygen atoms in total. The summed E-state index contributed by atoms with van der Waals surface area (Å²) in [7, 11) is -4.20. The van der Waals surface area contributed by atoms with E-state index in [2.05, 4.69) is 5.32 Å². The Morgan fingerprint density at radius 3 is 2.29 bits per heavy atom. The van der Waals surface area contributed by atoms with E-state index < -0.39 is 28.5 Å². The first-order valence-corrected chi connectivity index (χ1v) is 15.4. The van der Waals surface area contributed by atoms with Crippen LogP contribution in [0.4, 0.5) is 5.69 Å². The third-order valence-corrected chi connectivity index (χ3v) is 8.42. The molecule has 0 saturated heterocycles. The number of amides is 2. The molecule has 0 spiro atoms. The monoisotopic (exact) mass is 599 g/mol. The zero-order valence-corrected chi connectivity index (χ0v) is 25.7. The summed E-state index contributed by atoms with van der Waals surface area (Å²) in [4.78, 5) is 28.6. The molecule has 0 aliphatic rings. The molecule has 2 amide bonds. The molecular formula is C31H38ClN3O5S. The van der Waals surface area contributed by atoms with Crippen LogP contribution in [0, 0.1) is 12.8 Å². The number of ether oxygens (including phenoxy) is 1. The van der Waals surface area contributed by atoms with E-state index in [0.29, 0.717) is 29.5 Å². The number of benzene rings is 3. The Morgan fingerprint density at radius 2 is 1.66 bits per heavy atom. The van der Waals surface area contributed by atoms with Gasteiger partial charge in [-0.25, -0.2) is 8.42 Å². The Bertz CT molecular complexity index is 1440. The van der Waals surface area contributed by atoms with Crippen molar-refractivity contribution in [1.82, 2.24) is 10.2 Å². The van der Waals surface area contributed by atoms with Crippen molar-refractivity contribution in [2.75, 3.05) is 24.0 Å². The van der Waals surface area contributed by atoms with E-state index in [4.69, 9.17) is 16.3 Å². The molecule has 0 heterocycles. The van der Waals surface area contributed by atoms with Crippen LogP contribution in [0.25, 0.3) is 0 Å². The minimum absolute atomic E-state index is 0.0336. The van der Waals surface area contributed by atoms with E-state index in [0.717, 1.165) is 9.87 Å². The molecule has 1 unspecified atom stereocenters. The summed E-state index contributed by atoms with van der Waals surface area (Å²) in [6.07, 6.45) is 0. The molecule has 0 aliphatic heterocycles. The number of anilines is 1. The van der Waals surface area contributed by atoms with Gasteiger partial charge in [-0.15, -0.1) is 0 Å². The topological polar surface area (TPSA) is 96.0 Å². The van der Waals surface area contributed by atoms with E-state index in [1.165, 1.54) is 17.0 Å². The Hall–Kier alpha value is -3.56. The molecule has 1 atom stereocenters. The van der Waals surface area contributed by atoms with Crippen LogP contribution in [0.15, 0.2) is 77.7 Å². The Kier molecular flexibility index (Phi) is 11.2. The fourth-order valence-corrected chi connectivity index (χ4v) is 5.80. The van der Waals surface area contributed by atoms with Crippen molar-refractivity contribution in [3.05, 3.63) is 88.9 Å². The van der Waals surface area contributed by atoms with E-state index >= 15 is 0 Å². The van der Waals surface area contributed by atoms with Crippen molar-refractivity contribution >= 4 is 39.1 Å². The Labute approximate surface area is 248 Å². The number of hydrogen-bond donors (Lipinski definition) is 1. The lowest BCUT2D eigenvalue weighted by Gasteiger charge is -2.32. The number of aryl methyl sites for hydroxylation is 1. The van der Waals surface area contributed by atoms with Crippen molar-refractivity contribution in [1.29, 1.82) is 0 Å². The van der Waals surface area contributed by atoms with Crippen LogP contribution in [0.1, 0.15) is 38.8 Å². The first-order valence-electron chi connectivity index (χ1n) is 13.6. The molecule has 41 heavy (non-hydrogen) atoms. The van der Waals surface area contributed by atoms with Gasteiger partial charge in [-0.1, -0.05) is 67.4 Å². The van der Waals surface area contributed by atoms with Gasteiger partial charge in [0.15, 0.2) is 0 Å². The lowest BCUT2D eigenvalue weighted by Crippen LogP contribution is -2.51. The molecular weight excluding hydrogens is 562 g/mol. The van der Waals surface area contributed by atoms with Gasteiger partial charge in [0, 0.05) is 18.1 Å². The zero-order chi connectivity index (χ0) is 30.2. The maximum absolute atomic E-state index is 14.1. The van der Waals surface area contributed by atoms with E-state index in [1.54, 1.807) is 74.5 Å². The average Bonchev–Trinajstić information content (AvgIpc) is 2.93. The van der Waals surface area contributed by atoms with E-state index in [9.17, 15) is 18.0 Å². The number of rotatable bonds is 13. The SMILES string of the molecule is CCOc1ccccc1N(CC(=O)N(Cc1cccc(Cl)c1)C(C)C(=O)NCC(C)C)S(=O)(=O)c1ccc(C)cc1. The van der Waals surface area contributed by atoms with Crippen LogP contribution in [0.2, 0.25) is 5.02 Å². The first kappa shape index (κ1) is 32.0. The van der Waals surface area contributed by atoms with Crippen LogP contribution in [0.5, 0.6) is 5.75 Å². The first-order chi connectivity index (χ1) is 19.4. The molecule has 3 aromatic carbocycles. The second kappa shape index (κ2) is 14.4. The second-order valence-corrected chi connectivity index (χ2v) is 12.5. The molecule has 0 bridgehead atoms. The molecule has 0 aromatic heterocycles. The normalized spacial score (nSPS) is 12.1. The molecule has 0 radical (unpaired) electrons. The average molecular weight is 600 g/mol. The Balaban J connectivity index is 2.07. The van der Waals surface area contributed by atoms with Crippen molar-refractivity contribution in [3.63, 3.8) is 0 Å². The molecule has 10 heteroatoms. The lowest BCUT2D eigenvalue weighted by molar-refractivity contribution is -0.139. The quantitative estimate of drug-likeness (QED) is 0.283. The fourth-order valence-electron chi connectivity index (χ4n) is 4.16. The molecule has 3 aromatic rings. The highest BCUT2D eigenvalue weighted by atomic mass is 35.5. The third kappa shape index (κ3) is 8.47. The van der Waals surface area contributed by atoms with Crippen molar-refractivity contribution in [3.8, 4) is 5.75 Å². The largest absolute Gasteiger partial charge is 0.492 e. The van der Waals surface area contributed by atoms with Crippen LogP contribution >= 0.6 is 11.6 Å². The number of nitrogens with zero attached hydrogens (tertiary/aromatic N) is 2. The second-order valence-electron chi connectivity index (χ2n) is 10.2. The number of halogens is 1. The number of nitrogens with one attached hydrogen (secondary N) is 1. The van der Waals surface area contributed by atoms with Gasteiger partial charge in [0.2, 0.25) is 11.8 Å². The summed E-state index contributed by atoms with van der Waals surface area (Å²) in [6.45, 7) is 9.49. The van der Waals surface area contributed by atoms with Crippen LogP contribution < -0.4 is 14.4 Å². The van der Waals surface area contributed by atoms with Gasteiger partial charge in [-0.2, -0.15) is 0 Å². The van der Waals surface area contributed by atoms with Gasteiger partial charge in [0.25, 0.3) is 10.0 Å². The van der Waals surface area contributed by atoms with Crippen molar-refractivity contribution in [2.24, 2.45) is 5.92 Å². The molecule has 0 saturated carbocycles. The number of carbonyl (C=O) groups is 2. The van der Waals surface area contributed by atoms with Crippen molar-refractivity contribution in [2.45, 2.75) is 52.1 Å². The molecule has 0 fully saturated rings. The zero-order valence-electron chi connectivity index (χ0n) is 24.1. The third-order valence-electron chi connectivity index (χ3n) is 6.42. The van der Waals surface area contributed by atoms with Crippen LogP contribution in [-0.4, -0.2) is 50.9 Å². The summed E-state index contributed by atoms with van der Waals surface area (Å²) in [5.74, 6) is -0.355. The minimum Gasteiger partial charge on any atom is -0.492 e. The number of para-hydroxylation sites is 2. The highest BCUT2D eigenvalue weighted by Gasteiger charge is 2.33. The standard InChI is InChI=1S/C31H38ClN3O5S/c1-6-40-29-13-8-7-12-28(29)35(41(38,39)27-16-14-23(4)15-17-27)21-30(36)34(20-25-10-9-11-26(32)18-25)24(5)31(37)33-19-22(2)3/h7-18,22,24H,6,19-21H2,1-5H3,(H,33,37). The highest BCUT2D eigenvalue weighted by Crippen LogP contribution is 2.33. The van der Waals surface area contributed by atoms with E-state index in [-0.39, 0.29) is 29.0 Å². The van der Waals surface area contributed by atoms with Gasteiger partial charge in [0.1, 0.15) is 18.3 Å². The van der Waals surface area contributed by atoms with Gasteiger partial charge in [-0.05, 0) is 68.7 Å². The van der Waals surface area contributed by atoms with Crippen molar-refractivity contribution < 1.29 is 22.7 Å². The highest BCUT2D eigenvalue weighted by molar-refractivity contribution is 7.92. The van der Waals surface area contributed by atoms with Gasteiger partial charge in [-0.3, -0.25) is 13.9 Å². The van der Waals surface area contributed by atoms with Crippen LogP contribution in [-0.2, 0) is 26.2 Å². The summed E-state index contributed by atoms with van der Waals surface area (Å²) in [5, 5.41) is 3.36. The number of sulfonamides is 1.